The van der Waals surface area contributed by atoms with Crippen LogP contribution in [-0.2, 0) is 0 Å². The number of nitrogens with two attached hydrogens (primary N) is 2. The van der Waals surface area contributed by atoms with Gasteiger partial charge in [0.25, 0.3) is 0 Å². The van der Waals surface area contributed by atoms with Crippen LogP contribution >= 0.6 is 0 Å². The molecule has 0 saturated heterocycles. The first-order valence-corrected chi connectivity index (χ1v) is 4.14. The van der Waals surface area contributed by atoms with E-state index in [1.807, 2.05) is 0 Å². The van der Waals surface area contributed by atoms with Crippen LogP contribution in [0.4, 0.5) is 5.69 Å². The molecule has 0 aromatic heterocycles. The third-order valence-electron chi connectivity index (χ3n) is 1.77. The van der Waals surface area contributed by atoms with Gasteiger partial charge in [0.05, 0.1) is 5.56 Å². The van der Waals surface area contributed by atoms with Crippen LogP contribution in [-0.4, -0.2) is 17.6 Å². The number of anilines is 1. The smallest absolute Gasteiger partial charge is 0.335 e. The topological polar surface area (TPSA) is 89.3 Å². The maximum atomic E-state index is 10.6. The average Bonchev–Trinajstić information content (AvgIpc) is 2.15. The van der Waals surface area contributed by atoms with E-state index in [2.05, 4.69) is 0 Å². The lowest BCUT2D eigenvalue weighted by atomic mass is 10.1. The number of hydrogen-bond donors (Lipinski definition) is 3. The highest BCUT2D eigenvalue weighted by atomic mass is 16.4. The molecule has 0 heterocycles. The summed E-state index contributed by atoms with van der Waals surface area (Å²) in [7, 11) is 0. The van der Waals surface area contributed by atoms with Gasteiger partial charge in [-0.2, -0.15) is 0 Å². The largest absolute Gasteiger partial charge is 0.478 e. The van der Waals surface area contributed by atoms with E-state index in [1.54, 1.807) is 18.2 Å². The van der Waals surface area contributed by atoms with Gasteiger partial charge in [-0.25, -0.2) is 4.79 Å². The lowest BCUT2D eigenvalue weighted by Crippen LogP contribution is -1.99. The molecule has 1 aromatic carbocycles. The van der Waals surface area contributed by atoms with Crippen molar-refractivity contribution in [2.24, 2.45) is 5.73 Å². The quantitative estimate of drug-likeness (QED) is 0.622. The fourth-order valence-corrected chi connectivity index (χ4v) is 1.05. The molecule has 5 N–H and O–H groups in total. The third-order valence-corrected chi connectivity index (χ3v) is 1.77. The first kappa shape index (κ1) is 10.3. The van der Waals surface area contributed by atoms with Crippen molar-refractivity contribution in [2.45, 2.75) is 0 Å². The zero-order valence-electron chi connectivity index (χ0n) is 7.60. The summed E-state index contributed by atoms with van der Waals surface area (Å²) in [5.74, 6) is -0.981. The van der Waals surface area contributed by atoms with Crippen LogP contribution in [0.25, 0.3) is 6.08 Å². The number of rotatable bonds is 3. The van der Waals surface area contributed by atoms with Crippen LogP contribution in [0, 0.1) is 0 Å². The highest BCUT2D eigenvalue weighted by molar-refractivity contribution is 5.89. The molecular formula is C10H12N2O2. The maximum Gasteiger partial charge on any atom is 0.335 e. The van der Waals surface area contributed by atoms with Crippen molar-refractivity contribution in [1.29, 1.82) is 0 Å². The molecule has 0 spiro atoms. The summed E-state index contributed by atoms with van der Waals surface area (Å²) in [6, 6.07) is 4.60. The Labute approximate surface area is 81.8 Å². The zero-order chi connectivity index (χ0) is 10.6. The highest BCUT2D eigenvalue weighted by Crippen LogP contribution is 2.15. The van der Waals surface area contributed by atoms with Crippen LogP contribution < -0.4 is 11.5 Å². The fraction of sp³-hybridized carbons (Fsp3) is 0.100. The van der Waals surface area contributed by atoms with Gasteiger partial charge in [-0.05, 0) is 17.7 Å². The molecule has 0 aliphatic carbocycles. The highest BCUT2D eigenvalue weighted by Gasteiger charge is 2.03. The molecule has 4 nitrogen and oxygen atoms in total. The number of carbonyl (C=O) groups is 1. The van der Waals surface area contributed by atoms with Crippen LogP contribution in [0.5, 0.6) is 0 Å². The molecule has 0 amide bonds. The minimum Gasteiger partial charge on any atom is -0.478 e. The predicted molar refractivity (Wildman–Crippen MR) is 55.9 cm³/mol. The maximum absolute atomic E-state index is 10.6. The van der Waals surface area contributed by atoms with Gasteiger partial charge in [0, 0.05) is 12.2 Å². The molecule has 0 radical (unpaired) electrons. The molecule has 14 heavy (non-hydrogen) atoms. The van der Waals surface area contributed by atoms with Gasteiger partial charge in [0.15, 0.2) is 0 Å². The van der Waals surface area contributed by atoms with Gasteiger partial charge in [-0.1, -0.05) is 18.2 Å². The van der Waals surface area contributed by atoms with E-state index >= 15 is 0 Å². The second kappa shape index (κ2) is 4.43. The van der Waals surface area contributed by atoms with Crippen molar-refractivity contribution in [3.63, 3.8) is 0 Å². The van der Waals surface area contributed by atoms with E-state index in [-0.39, 0.29) is 5.56 Å². The summed E-state index contributed by atoms with van der Waals surface area (Å²) in [5.41, 5.74) is 12.3. The van der Waals surface area contributed by atoms with Crippen LogP contribution in [0.2, 0.25) is 0 Å². The molecule has 0 atom stereocenters. The van der Waals surface area contributed by atoms with Gasteiger partial charge in [0.2, 0.25) is 0 Å². The Bertz CT molecular complexity index is 372. The fourth-order valence-electron chi connectivity index (χ4n) is 1.05. The molecular weight excluding hydrogens is 180 g/mol. The Kier molecular flexibility index (Phi) is 3.25. The number of nitrogen functional groups attached to an aromatic ring is 1. The van der Waals surface area contributed by atoms with Crippen molar-refractivity contribution in [1.82, 2.24) is 0 Å². The van der Waals surface area contributed by atoms with E-state index in [0.717, 1.165) is 5.56 Å². The van der Waals surface area contributed by atoms with E-state index in [0.29, 0.717) is 12.2 Å². The van der Waals surface area contributed by atoms with Gasteiger partial charge in [0.1, 0.15) is 0 Å². The molecule has 0 aliphatic heterocycles. The Balaban J connectivity index is 3.01. The van der Waals surface area contributed by atoms with E-state index in [9.17, 15) is 4.79 Å². The minimum atomic E-state index is -0.981. The normalized spacial score (nSPS) is 10.6. The summed E-state index contributed by atoms with van der Waals surface area (Å²) in [6.45, 7) is 0.431. The number of benzene rings is 1. The van der Waals surface area contributed by atoms with E-state index in [4.69, 9.17) is 16.6 Å². The summed E-state index contributed by atoms with van der Waals surface area (Å²) in [6.07, 6.45) is 3.52. The van der Waals surface area contributed by atoms with Gasteiger partial charge < -0.3 is 16.6 Å². The van der Waals surface area contributed by atoms with Gasteiger partial charge in [-0.15, -0.1) is 0 Å². The van der Waals surface area contributed by atoms with Crippen LogP contribution in [0.15, 0.2) is 24.3 Å². The van der Waals surface area contributed by atoms with E-state index in [1.165, 1.54) is 12.1 Å². The number of carboxylic acid groups (broad SMARTS) is 1. The molecule has 1 aromatic rings. The second-order valence-electron chi connectivity index (χ2n) is 2.79. The van der Waals surface area contributed by atoms with Crippen molar-refractivity contribution in [3.05, 3.63) is 35.4 Å². The summed E-state index contributed by atoms with van der Waals surface area (Å²) >= 11 is 0. The Hall–Kier alpha value is -1.81. The lowest BCUT2D eigenvalue weighted by Gasteiger charge is -2.01. The SMILES string of the molecule is NCC=Cc1ccc(C(=O)O)cc1N. The first-order valence-electron chi connectivity index (χ1n) is 4.14. The molecule has 0 saturated carbocycles. The average molecular weight is 192 g/mol. The lowest BCUT2D eigenvalue weighted by molar-refractivity contribution is 0.0697. The van der Waals surface area contributed by atoms with Crippen molar-refractivity contribution in [3.8, 4) is 0 Å². The number of hydrogen-bond acceptors (Lipinski definition) is 3. The van der Waals surface area contributed by atoms with Crippen LogP contribution in [0.3, 0.4) is 0 Å². The first-order chi connectivity index (χ1) is 6.65. The monoisotopic (exact) mass is 192 g/mol. The second-order valence-corrected chi connectivity index (χ2v) is 2.79. The molecule has 74 valence electrons. The standard InChI is InChI=1S/C10H12N2O2/c11-5-1-2-7-3-4-8(10(13)14)6-9(7)12/h1-4,6H,5,11-12H2,(H,13,14). The van der Waals surface area contributed by atoms with Crippen molar-refractivity contribution in [2.75, 3.05) is 12.3 Å². The van der Waals surface area contributed by atoms with Gasteiger partial charge >= 0.3 is 5.97 Å². The Morgan fingerprint density at radius 1 is 1.50 bits per heavy atom. The van der Waals surface area contributed by atoms with Crippen molar-refractivity contribution >= 4 is 17.7 Å². The minimum absolute atomic E-state index is 0.187. The van der Waals surface area contributed by atoms with Crippen molar-refractivity contribution < 1.29 is 9.90 Å². The third kappa shape index (κ3) is 2.34. The molecule has 1 rings (SSSR count). The zero-order valence-corrected chi connectivity index (χ0v) is 7.60. The van der Waals surface area contributed by atoms with Gasteiger partial charge in [-0.3, -0.25) is 0 Å². The Morgan fingerprint density at radius 3 is 2.71 bits per heavy atom. The molecule has 4 heteroatoms. The Morgan fingerprint density at radius 2 is 2.21 bits per heavy atom. The van der Waals surface area contributed by atoms with Crippen LogP contribution in [0.1, 0.15) is 15.9 Å². The molecule has 0 unspecified atom stereocenters. The predicted octanol–water partition coefficient (Wildman–Crippen LogP) is 0.939. The summed E-state index contributed by atoms with van der Waals surface area (Å²) in [4.78, 5) is 10.6. The summed E-state index contributed by atoms with van der Waals surface area (Å²) < 4.78 is 0. The molecule has 0 aliphatic rings. The summed E-state index contributed by atoms with van der Waals surface area (Å²) in [5, 5.41) is 8.68. The molecule has 0 fully saturated rings. The number of carboxylic acids is 1. The number of aromatic carboxylic acids is 1. The van der Waals surface area contributed by atoms with E-state index < -0.39 is 5.97 Å². The molecule has 0 bridgehead atoms.